The summed E-state index contributed by atoms with van der Waals surface area (Å²) in [5.74, 6) is 3.00. The van der Waals surface area contributed by atoms with Crippen molar-refractivity contribution in [1.82, 2.24) is 5.32 Å². The van der Waals surface area contributed by atoms with Crippen LogP contribution in [0, 0.1) is 24.2 Å². The lowest BCUT2D eigenvalue weighted by Crippen LogP contribution is -2.43. The van der Waals surface area contributed by atoms with Gasteiger partial charge in [0.05, 0.1) is 5.92 Å². The van der Waals surface area contributed by atoms with Crippen LogP contribution in [-0.2, 0) is 9.53 Å². The fourth-order valence-electron chi connectivity index (χ4n) is 2.14. The van der Waals surface area contributed by atoms with E-state index in [0.717, 1.165) is 13.0 Å². The largest absolute Gasteiger partial charge is 0.464 e. The van der Waals surface area contributed by atoms with Crippen molar-refractivity contribution in [1.29, 1.82) is 0 Å². The van der Waals surface area contributed by atoms with Gasteiger partial charge in [0.25, 0.3) is 0 Å². The number of fused-ring (bicyclic) bond motifs is 1. The molecule has 3 heteroatoms. The number of nitrogens with one attached hydrogen (secondary N) is 1. The van der Waals surface area contributed by atoms with Gasteiger partial charge in [0.1, 0.15) is 6.61 Å². The van der Waals surface area contributed by atoms with Crippen molar-refractivity contribution < 1.29 is 9.53 Å². The van der Waals surface area contributed by atoms with Crippen molar-refractivity contribution in [2.75, 3.05) is 13.2 Å². The van der Waals surface area contributed by atoms with Gasteiger partial charge in [-0.15, -0.1) is 12.3 Å². The Hall–Kier alpha value is -1.01. The zero-order valence-electron chi connectivity index (χ0n) is 7.45. The molecule has 1 N–H and O–H groups in total. The Morgan fingerprint density at radius 2 is 2.54 bits per heavy atom. The Morgan fingerprint density at radius 3 is 3.08 bits per heavy atom. The minimum atomic E-state index is -0.0681. The van der Waals surface area contributed by atoms with Crippen LogP contribution in [-0.4, -0.2) is 25.2 Å². The average molecular weight is 179 g/mol. The number of carbonyl (C=O) groups is 1. The molecule has 2 heterocycles. The third-order valence-electron chi connectivity index (χ3n) is 2.90. The lowest BCUT2D eigenvalue weighted by atomic mass is 9.74. The zero-order valence-corrected chi connectivity index (χ0v) is 7.45. The molecule has 70 valence electrons. The SMILES string of the molecule is C#CCCOC(=O)C1C2CNC1C2. The number of esters is 1. The van der Waals surface area contributed by atoms with Crippen molar-refractivity contribution >= 4 is 5.97 Å². The fourth-order valence-corrected chi connectivity index (χ4v) is 2.14. The first-order chi connectivity index (χ1) is 6.33. The second-order valence-corrected chi connectivity index (χ2v) is 3.66. The predicted octanol–water partition coefficient (Wildman–Crippen LogP) is 0.161. The Balaban J connectivity index is 1.76. The molecule has 3 atom stereocenters. The van der Waals surface area contributed by atoms with Crippen molar-refractivity contribution in [3.63, 3.8) is 0 Å². The zero-order chi connectivity index (χ0) is 9.26. The quantitative estimate of drug-likeness (QED) is 0.381. The molecule has 3 nitrogen and oxygen atoms in total. The molecule has 3 rings (SSSR count). The lowest BCUT2D eigenvalue weighted by Gasteiger charge is -2.31. The predicted molar refractivity (Wildman–Crippen MR) is 47.8 cm³/mol. The van der Waals surface area contributed by atoms with Crippen LogP contribution < -0.4 is 5.32 Å². The molecule has 2 saturated heterocycles. The molecule has 3 aliphatic rings. The van der Waals surface area contributed by atoms with Gasteiger partial charge in [0.15, 0.2) is 0 Å². The van der Waals surface area contributed by atoms with Crippen LogP contribution >= 0.6 is 0 Å². The summed E-state index contributed by atoms with van der Waals surface area (Å²) in [6.07, 6.45) is 6.70. The first kappa shape index (κ1) is 8.58. The van der Waals surface area contributed by atoms with Gasteiger partial charge in [-0.1, -0.05) is 0 Å². The maximum Gasteiger partial charge on any atom is 0.310 e. The number of hydrogen-bond acceptors (Lipinski definition) is 3. The molecule has 2 bridgehead atoms. The van der Waals surface area contributed by atoms with E-state index in [1.165, 1.54) is 0 Å². The van der Waals surface area contributed by atoms with E-state index < -0.39 is 0 Å². The van der Waals surface area contributed by atoms with Gasteiger partial charge in [0.2, 0.25) is 0 Å². The number of terminal acetylenes is 1. The molecule has 13 heavy (non-hydrogen) atoms. The summed E-state index contributed by atoms with van der Waals surface area (Å²) in [6, 6.07) is 0.378. The number of ether oxygens (including phenoxy) is 1. The van der Waals surface area contributed by atoms with Crippen molar-refractivity contribution in [3.8, 4) is 12.3 Å². The second kappa shape index (κ2) is 3.39. The molecule has 0 radical (unpaired) electrons. The van der Waals surface area contributed by atoms with Crippen molar-refractivity contribution in [3.05, 3.63) is 0 Å². The minimum absolute atomic E-state index is 0.0681. The van der Waals surface area contributed by atoms with Gasteiger partial charge < -0.3 is 10.1 Å². The van der Waals surface area contributed by atoms with Crippen LogP contribution in [0.2, 0.25) is 0 Å². The van der Waals surface area contributed by atoms with E-state index in [4.69, 9.17) is 11.2 Å². The van der Waals surface area contributed by atoms with Gasteiger partial charge in [-0.05, 0) is 18.9 Å². The molecule has 0 aromatic heterocycles. The van der Waals surface area contributed by atoms with E-state index in [9.17, 15) is 4.79 Å². The van der Waals surface area contributed by atoms with E-state index in [1.54, 1.807) is 0 Å². The Bertz CT molecular complexity index is 242. The smallest absolute Gasteiger partial charge is 0.310 e. The monoisotopic (exact) mass is 179 g/mol. The number of carbonyl (C=O) groups excluding carboxylic acids is 1. The maximum atomic E-state index is 11.4. The van der Waals surface area contributed by atoms with E-state index in [0.29, 0.717) is 25.0 Å². The third kappa shape index (κ3) is 1.42. The summed E-state index contributed by atoms with van der Waals surface area (Å²) in [5, 5.41) is 3.27. The number of rotatable bonds is 3. The highest BCUT2D eigenvalue weighted by Crippen LogP contribution is 2.40. The highest BCUT2D eigenvalue weighted by molar-refractivity contribution is 5.75. The molecule has 1 saturated carbocycles. The highest BCUT2D eigenvalue weighted by atomic mass is 16.5. The lowest BCUT2D eigenvalue weighted by molar-refractivity contribution is -0.153. The van der Waals surface area contributed by atoms with E-state index in [-0.39, 0.29) is 11.9 Å². The minimum Gasteiger partial charge on any atom is -0.464 e. The summed E-state index contributed by atoms with van der Waals surface area (Å²) in [6.45, 7) is 1.34. The molecule has 0 aromatic carbocycles. The summed E-state index contributed by atoms with van der Waals surface area (Å²) in [4.78, 5) is 11.4. The van der Waals surface area contributed by atoms with Crippen LogP contribution in [0.3, 0.4) is 0 Å². The second-order valence-electron chi connectivity index (χ2n) is 3.66. The molecular formula is C10H13NO2. The molecule has 1 aliphatic carbocycles. The van der Waals surface area contributed by atoms with Crippen LogP contribution in [0.1, 0.15) is 12.8 Å². The average Bonchev–Trinajstić information content (AvgIpc) is 2.64. The van der Waals surface area contributed by atoms with E-state index >= 15 is 0 Å². The molecule has 2 aliphatic heterocycles. The van der Waals surface area contributed by atoms with Crippen LogP contribution in [0.15, 0.2) is 0 Å². The normalized spacial score (nSPS) is 34.8. The van der Waals surface area contributed by atoms with Gasteiger partial charge in [0, 0.05) is 12.5 Å². The maximum absolute atomic E-state index is 11.4. The van der Waals surface area contributed by atoms with Gasteiger partial charge in [-0.2, -0.15) is 0 Å². The Morgan fingerprint density at radius 1 is 1.69 bits per heavy atom. The van der Waals surface area contributed by atoms with Crippen molar-refractivity contribution in [2.24, 2.45) is 11.8 Å². The standard InChI is InChI=1S/C10H13NO2/c1-2-3-4-13-10(12)9-7-5-8(9)11-6-7/h1,7-9,11H,3-6H2. The summed E-state index contributed by atoms with van der Waals surface area (Å²) in [7, 11) is 0. The van der Waals surface area contributed by atoms with Crippen molar-refractivity contribution in [2.45, 2.75) is 18.9 Å². The fraction of sp³-hybridized carbons (Fsp3) is 0.700. The molecule has 0 aromatic rings. The van der Waals surface area contributed by atoms with Crippen LogP contribution in [0.5, 0.6) is 0 Å². The third-order valence-corrected chi connectivity index (χ3v) is 2.90. The highest BCUT2D eigenvalue weighted by Gasteiger charge is 2.51. The molecule has 0 spiro atoms. The first-order valence-corrected chi connectivity index (χ1v) is 4.66. The summed E-state index contributed by atoms with van der Waals surface area (Å²) >= 11 is 0. The molecule has 0 amide bonds. The van der Waals surface area contributed by atoms with Gasteiger partial charge in [-0.3, -0.25) is 4.79 Å². The van der Waals surface area contributed by atoms with Gasteiger partial charge >= 0.3 is 5.97 Å². The summed E-state index contributed by atoms with van der Waals surface area (Å²) < 4.78 is 5.05. The first-order valence-electron chi connectivity index (χ1n) is 4.66. The summed E-state index contributed by atoms with van der Waals surface area (Å²) in [5.41, 5.74) is 0. The topological polar surface area (TPSA) is 38.3 Å². The van der Waals surface area contributed by atoms with Crippen LogP contribution in [0.25, 0.3) is 0 Å². The molecular weight excluding hydrogens is 166 g/mol. The van der Waals surface area contributed by atoms with E-state index in [2.05, 4.69) is 11.2 Å². The molecule has 3 fully saturated rings. The van der Waals surface area contributed by atoms with E-state index in [1.807, 2.05) is 0 Å². The molecule has 3 unspecified atom stereocenters. The Labute approximate surface area is 77.8 Å². The van der Waals surface area contributed by atoms with Gasteiger partial charge in [-0.25, -0.2) is 0 Å². The Kier molecular flexibility index (Phi) is 2.24. The van der Waals surface area contributed by atoms with Crippen LogP contribution in [0.4, 0.5) is 0 Å². The number of hydrogen-bond donors (Lipinski definition) is 1.